The summed E-state index contributed by atoms with van der Waals surface area (Å²) < 4.78 is 4.60. The maximum atomic E-state index is 12.0. The molecule has 0 saturated heterocycles. The van der Waals surface area contributed by atoms with Gasteiger partial charge in [-0.25, -0.2) is 4.79 Å². The van der Waals surface area contributed by atoms with Crippen molar-refractivity contribution in [3.63, 3.8) is 0 Å². The van der Waals surface area contributed by atoms with Gasteiger partial charge >= 0.3 is 5.97 Å². The Morgan fingerprint density at radius 2 is 1.72 bits per heavy atom. The number of methoxy groups -OCH3 is 1. The van der Waals surface area contributed by atoms with Crippen LogP contribution in [0.1, 0.15) is 44.2 Å². The van der Waals surface area contributed by atoms with Gasteiger partial charge in [0, 0.05) is 19.3 Å². The lowest BCUT2D eigenvalue weighted by molar-refractivity contribution is -0.145. The second-order valence-electron chi connectivity index (χ2n) is 5.54. The summed E-state index contributed by atoms with van der Waals surface area (Å²) in [5, 5.41) is 13.9. The molecule has 1 rings (SSSR count). The predicted octanol–water partition coefficient (Wildman–Crippen LogP) is 1.61. The van der Waals surface area contributed by atoms with Crippen molar-refractivity contribution in [2.45, 2.75) is 44.7 Å². The molecule has 0 bridgehead atoms. The highest BCUT2D eigenvalue weighted by Gasteiger charge is 2.21. The van der Waals surface area contributed by atoms with Crippen molar-refractivity contribution in [2.24, 2.45) is 0 Å². The summed E-state index contributed by atoms with van der Waals surface area (Å²) in [6.07, 6.45) is 0.254. The third-order valence-corrected chi connectivity index (χ3v) is 3.62. The van der Waals surface area contributed by atoms with Gasteiger partial charge in [-0.05, 0) is 18.9 Å². The van der Waals surface area contributed by atoms with Crippen LogP contribution in [0.15, 0.2) is 30.3 Å². The maximum absolute atomic E-state index is 12.0. The fourth-order valence-electron chi connectivity index (χ4n) is 2.23. The highest BCUT2D eigenvalue weighted by atomic mass is 16.5. The third-order valence-electron chi connectivity index (χ3n) is 3.62. The summed E-state index contributed by atoms with van der Waals surface area (Å²) in [6.45, 7) is 1.86. The molecule has 2 N–H and O–H groups in total. The number of nitrogens with one attached hydrogen (secondary N) is 2. The van der Waals surface area contributed by atoms with Gasteiger partial charge < -0.3 is 15.4 Å². The zero-order valence-corrected chi connectivity index (χ0v) is 14.5. The number of nitriles is 1. The van der Waals surface area contributed by atoms with Crippen LogP contribution in [0.4, 0.5) is 0 Å². The van der Waals surface area contributed by atoms with E-state index in [1.54, 1.807) is 0 Å². The van der Waals surface area contributed by atoms with Gasteiger partial charge in [-0.2, -0.15) is 5.26 Å². The second kappa shape index (κ2) is 10.8. The van der Waals surface area contributed by atoms with E-state index >= 15 is 0 Å². The van der Waals surface area contributed by atoms with Crippen LogP contribution in [0.5, 0.6) is 0 Å². The Morgan fingerprint density at radius 1 is 1.12 bits per heavy atom. The third kappa shape index (κ3) is 7.48. The summed E-state index contributed by atoms with van der Waals surface area (Å²) in [6, 6.07) is 10.4. The van der Waals surface area contributed by atoms with Gasteiger partial charge in [-0.3, -0.25) is 9.59 Å². The van der Waals surface area contributed by atoms with Crippen molar-refractivity contribution in [2.75, 3.05) is 7.11 Å². The van der Waals surface area contributed by atoms with Crippen molar-refractivity contribution >= 4 is 17.8 Å². The number of carbonyl (C=O) groups is 3. The van der Waals surface area contributed by atoms with Crippen LogP contribution in [0.2, 0.25) is 0 Å². The average Bonchev–Trinajstić information content (AvgIpc) is 2.63. The molecule has 7 heteroatoms. The zero-order chi connectivity index (χ0) is 18.7. The van der Waals surface area contributed by atoms with Crippen LogP contribution in [-0.2, 0) is 19.1 Å². The number of carbonyl (C=O) groups excluding carboxylic acids is 3. The van der Waals surface area contributed by atoms with Crippen molar-refractivity contribution in [1.82, 2.24) is 10.6 Å². The fraction of sp³-hybridized carbons (Fsp3) is 0.444. The van der Waals surface area contributed by atoms with E-state index in [0.29, 0.717) is 0 Å². The average molecular weight is 345 g/mol. The molecule has 7 nitrogen and oxygen atoms in total. The second-order valence-corrected chi connectivity index (χ2v) is 5.54. The summed E-state index contributed by atoms with van der Waals surface area (Å²) >= 11 is 0. The highest BCUT2D eigenvalue weighted by molar-refractivity contribution is 5.87. The molecule has 0 saturated carbocycles. The predicted molar refractivity (Wildman–Crippen MR) is 91.0 cm³/mol. The maximum Gasteiger partial charge on any atom is 0.328 e. The smallest absolute Gasteiger partial charge is 0.328 e. The monoisotopic (exact) mass is 345 g/mol. The Balaban J connectivity index is 2.42. The van der Waals surface area contributed by atoms with Gasteiger partial charge in [0.05, 0.1) is 19.2 Å². The lowest BCUT2D eigenvalue weighted by atomic mass is 10.1. The lowest BCUT2D eigenvalue weighted by Gasteiger charge is -2.16. The first-order valence-corrected chi connectivity index (χ1v) is 8.06. The minimum atomic E-state index is -0.872. The molecule has 0 fully saturated rings. The zero-order valence-electron chi connectivity index (χ0n) is 14.5. The Morgan fingerprint density at radius 3 is 2.28 bits per heavy atom. The van der Waals surface area contributed by atoms with E-state index in [2.05, 4.69) is 15.4 Å². The first kappa shape index (κ1) is 20.2. The Hall–Kier alpha value is -2.88. The first-order chi connectivity index (χ1) is 12.0. The van der Waals surface area contributed by atoms with E-state index in [9.17, 15) is 14.4 Å². The molecule has 0 heterocycles. The van der Waals surface area contributed by atoms with Crippen LogP contribution in [0.25, 0.3) is 0 Å². The highest BCUT2D eigenvalue weighted by Crippen LogP contribution is 2.11. The number of esters is 1. The number of hydrogen-bond donors (Lipinski definition) is 2. The summed E-state index contributed by atoms with van der Waals surface area (Å²) in [5.74, 6) is -1.29. The Labute approximate surface area is 147 Å². The van der Waals surface area contributed by atoms with Crippen molar-refractivity contribution < 1.29 is 19.1 Å². The molecular formula is C18H23N3O4. The van der Waals surface area contributed by atoms with E-state index in [1.807, 2.05) is 43.3 Å². The van der Waals surface area contributed by atoms with Gasteiger partial charge in [0.15, 0.2) is 0 Å². The first-order valence-electron chi connectivity index (χ1n) is 8.06. The standard InChI is InChI=1S/C18H23N3O4/c1-13(14-7-4-3-5-8-14)20-16(22)10-11-17(23)21-15(9-6-12-19)18(24)25-2/h3-5,7-8,13,15H,6,9-11H2,1-2H3,(H,20,22)(H,21,23)/t13-,15+/m1/s1. The normalized spacial score (nSPS) is 12.4. The fourth-order valence-corrected chi connectivity index (χ4v) is 2.23. The Kier molecular flexibility index (Phi) is 8.72. The van der Waals surface area contributed by atoms with Gasteiger partial charge in [0.25, 0.3) is 0 Å². The summed E-state index contributed by atoms with van der Waals surface area (Å²) in [5.41, 5.74) is 0.975. The van der Waals surface area contributed by atoms with E-state index in [-0.39, 0.29) is 37.6 Å². The van der Waals surface area contributed by atoms with Gasteiger partial charge in [-0.1, -0.05) is 30.3 Å². The molecule has 2 amide bonds. The van der Waals surface area contributed by atoms with Crippen LogP contribution < -0.4 is 10.6 Å². The molecule has 134 valence electrons. The van der Waals surface area contributed by atoms with Gasteiger partial charge in [0.2, 0.25) is 11.8 Å². The Bertz CT molecular complexity index is 625. The molecule has 0 unspecified atom stereocenters. The lowest BCUT2D eigenvalue weighted by Crippen LogP contribution is -2.41. The van der Waals surface area contributed by atoms with Gasteiger partial charge in [0.1, 0.15) is 6.04 Å². The number of nitrogens with zero attached hydrogens (tertiary/aromatic N) is 1. The molecule has 0 aliphatic carbocycles. The number of ether oxygens (including phenoxy) is 1. The minimum Gasteiger partial charge on any atom is -0.467 e. The van der Waals surface area contributed by atoms with E-state index in [4.69, 9.17) is 5.26 Å². The molecule has 0 aliphatic heterocycles. The quantitative estimate of drug-likeness (QED) is 0.661. The molecular weight excluding hydrogens is 322 g/mol. The molecule has 25 heavy (non-hydrogen) atoms. The molecule has 1 aromatic rings. The van der Waals surface area contributed by atoms with Gasteiger partial charge in [-0.15, -0.1) is 0 Å². The number of hydrogen-bond acceptors (Lipinski definition) is 5. The molecule has 0 aliphatic rings. The molecule has 0 spiro atoms. The van der Waals surface area contributed by atoms with Crippen LogP contribution in [-0.4, -0.2) is 30.9 Å². The van der Waals surface area contributed by atoms with Crippen molar-refractivity contribution in [1.29, 1.82) is 5.26 Å². The number of amides is 2. The van der Waals surface area contributed by atoms with E-state index < -0.39 is 17.9 Å². The van der Waals surface area contributed by atoms with Crippen LogP contribution in [0.3, 0.4) is 0 Å². The number of benzene rings is 1. The summed E-state index contributed by atoms with van der Waals surface area (Å²) in [4.78, 5) is 35.4. The largest absolute Gasteiger partial charge is 0.467 e. The molecule has 1 aromatic carbocycles. The molecule has 0 radical (unpaired) electrons. The van der Waals surface area contributed by atoms with Crippen LogP contribution >= 0.6 is 0 Å². The molecule has 0 aromatic heterocycles. The SMILES string of the molecule is COC(=O)[C@H](CCC#N)NC(=O)CCC(=O)N[C@H](C)c1ccccc1. The minimum absolute atomic E-state index is 0.00908. The summed E-state index contributed by atoms with van der Waals surface area (Å²) in [7, 11) is 1.21. The molecule has 2 atom stereocenters. The van der Waals surface area contributed by atoms with E-state index in [0.717, 1.165) is 5.56 Å². The van der Waals surface area contributed by atoms with Crippen molar-refractivity contribution in [3.05, 3.63) is 35.9 Å². The topological polar surface area (TPSA) is 108 Å². The van der Waals surface area contributed by atoms with E-state index in [1.165, 1.54) is 7.11 Å². The number of rotatable bonds is 9. The van der Waals surface area contributed by atoms with Crippen LogP contribution in [0, 0.1) is 11.3 Å². The van der Waals surface area contributed by atoms with Crippen molar-refractivity contribution in [3.8, 4) is 6.07 Å².